The van der Waals surface area contributed by atoms with Crippen LogP contribution in [-0.2, 0) is 22.4 Å². The summed E-state index contributed by atoms with van der Waals surface area (Å²) in [5.41, 5.74) is -0.213. The molecule has 1 aromatic carbocycles. The average molecular weight is 465 g/mol. The molecule has 0 bridgehead atoms. The second-order valence-electron chi connectivity index (χ2n) is 10.3. The van der Waals surface area contributed by atoms with Gasteiger partial charge in [0.05, 0.1) is 10.8 Å². The lowest BCUT2D eigenvalue weighted by atomic mass is 9.87. The minimum atomic E-state index is -0.795. The Hall–Kier alpha value is -2.44. The van der Waals surface area contributed by atoms with Crippen molar-refractivity contribution in [3.63, 3.8) is 0 Å². The van der Waals surface area contributed by atoms with E-state index >= 15 is 0 Å². The number of carboxylic acid groups (broad SMARTS) is 2. The van der Waals surface area contributed by atoms with Gasteiger partial charge in [-0.25, -0.2) is 0 Å². The van der Waals surface area contributed by atoms with E-state index < -0.39 is 22.8 Å². The van der Waals surface area contributed by atoms with Gasteiger partial charge in [0.2, 0.25) is 0 Å². The standard InChI is InChI=1S/C26H40O7/c1-25(2,23(30)31)13-9-5-4-8-12-19-21(28)18(17-20(27)22(19)29)11-7-3-6-10-14-26(15-16-26)24(32)33/h17,27-29H,3-16H2,1-2H3,(H,30,31)(H,32,33). The minimum absolute atomic E-state index is 0.0418. The molecule has 1 saturated carbocycles. The molecule has 0 atom stereocenters. The van der Waals surface area contributed by atoms with Crippen LogP contribution in [0.3, 0.4) is 0 Å². The molecule has 0 radical (unpaired) electrons. The highest BCUT2D eigenvalue weighted by molar-refractivity contribution is 5.77. The number of aliphatic carboxylic acids is 2. The number of hydrogen-bond acceptors (Lipinski definition) is 5. The first-order valence-corrected chi connectivity index (χ1v) is 12.2. The van der Waals surface area contributed by atoms with Crippen molar-refractivity contribution < 1.29 is 35.1 Å². The molecule has 7 nitrogen and oxygen atoms in total. The average Bonchev–Trinajstić information content (AvgIpc) is 3.54. The van der Waals surface area contributed by atoms with Gasteiger partial charge in [-0.15, -0.1) is 0 Å². The van der Waals surface area contributed by atoms with Gasteiger partial charge in [0.25, 0.3) is 0 Å². The molecular weight excluding hydrogens is 424 g/mol. The normalized spacial score (nSPS) is 14.8. The molecule has 2 rings (SSSR count). The van der Waals surface area contributed by atoms with Gasteiger partial charge in [-0.05, 0) is 76.8 Å². The molecule has 33 heavy (non-hydrogen) atoms. The smallest absolute Gasteiger partial charge is 0.309 e. The zero-order chi connectivity index (χ0) is 24.6. The molecule has 0 unspecified atom stereocenters. The maximum absolute atomic E-state index is 11.2. The van der Waals surface area contributed by atoms with Gasteiger partial charge < -0.3 is 25.5 Å². The van der Waals surface area contributed by atoms with Gasteiger partial charge in [-0.2, -0.15) is 0 Å². The summed E-state index contributed by atoms with van der Waals surface area (Å²) < 4.78 is 0. The summed E-state index contributed by atoms with van der Waals surface area (Å²) in [4.78, 5) is 22.4. The monoisotopic (exact) mass is 464 g/mol. The molecule has 1 aliphatic carbocycles. The fourth-order valence-corrected chi connectivity index (χ4v) is 4.37. The summed E-state index contributed by atoms with van der Waals surface area (Å²) in [7, 11) is 0. The molecule has 0 spiro atoms. The zero-order valence-electron chi connectivity index (χ0n) is 20.0. The topological polar surface area (TPSA) is 135 Å². The molecule has 1 fully saturated rings. The first-order chi connectivity index (χ1) is 15.5. The fraction of sp³-hybridized carbons (Fsp3) is 0.692. The molecule has 0 aliphatic heterocycles. The van der Waals surface area contributed by atoms with E-state index in [0.717, 1.165) is 70.6 Å². The highest BCUT2D eigenvalue weighted by Crippen LogP contribution is 2.50. The van der Waals surface area contributed by atoms with Crippen molar-refractivity contribution in [3.8, 4) is 17.2 Å². The predicted molar refractivity (Wildman–Crippen MR) is 126 cm³/mol. The van der Waals surface area contributed by atoms with Crippen LogP contribution in [0.15, 0.2) is 6.07 Å². The summed E-state index contributed by atoms with van der Waals surface area (Å²) in [5.74, 6) is -1.93. The molecule has 186 valence electrons. The quantitative estimate of drug-likeness (QED) is 0.119. The number of phenolic OH excluding ortho intramolecular Hbond substituents is 3. The van der Waals surface area contributed by atoms with Crippen molar-refractivity contribution in [1.82, 2.24) is 0 Å². The van der Waals surface area contributed by atoms with Crippen LogP contribution in [0.5, 0.6) is 17.2 Å². The minimum Gasteiger partial charge on any atom is -0.507 e. The SMILES string of the molecule is CC(C)(CCCCCCc1c(O)c(O)cc(CCCCCCC2(C(=O)O)CC2)c1O)C(=O)O. The molecule has 1 aliphatic rings. The third-order valence-electron chi connectivity index (χ3n) is 7.15. The van der Waals surface area contributed by atoms with E-state index in [9.17, 15) is 30.0 Å². The Morgan fingerprint density at radius 3 is 2.00 bits per heavy atom. The number of phenols is 3. The van der Waals surface area contributed by atoms with E-state index in [1.165, 1.54) is 6.07 Å². The van der Waals surface area contributed by atoms with Crippen molar-refractivity contribution in [1.29, 1.82) is 0 Å². The lowest BCUT2D eigenvalue weighted by Gasteiger charge is -2.18. The third-order valence-corrected chi connectivity index (χ3v) is 7.15. The van der Waals surface area contributed by atoms with Crippen LogP contribution in [-0.4, -0.2) is 37.5 Å². The number of carboxylic acids is 2. The molecular formula is C26H40O7. The van der Waals surface area contributed by atoms with E-state index in [4.69, 9.17) is 5.11 Å². The second-order valence-corrected chi connectivity index (χ2v) is 10.3. The van der Waals surface area contributed by atoms with Crippen LogP contribution >= 0.6 is 0 Å². The largest absolute Gasteiger partial charge is 0.507 e. The second kappa shape index (κ2) is 11.6. The Bertz CT molecular complexity index is 824. The number of rotatable bonds is 16. The number of unbranched alkanes of at least 4 members (excludes halogenated alkanes) is 6. The number of hydrogen-bond donors (Lipinski definition) is 5. The van der Waals surface area contributed by atoms with E-state index in [-0.39, 0.29) is 17.2 Å². The van der Waals surface area contributed by atoms with Gasteiger partial charge in [0.1, 0.15) is 5.75 Å². The first kappa shape index (κ1) is 26.8. The van der Waals surface area contributed by atoms with Crippen LogP contribution in [0.1, 0.15) is 102 Å². The van der Waals surface area contributed by atoms with E-state index in [1.807, 2.05) is 0 Å². The summed E-state index contributed by atoms with van der Waals surface area (Å²) >= 11 is 0. The van der Waals surface area contributed by atoms with Crippen LogP contribution in [0.4, 0.5) is 0 Å². The van der Waals surface area contributed by atoms with Crippen molar-refractivity contribution in [3.05, 3.63) is 17.2 Å². The van der Waals surface area contributed by atoms with Crippen molar-refractivity contribution in [2.24, 2.45) is 10.8 Å². The highest BCUT2D eigenvalue weighted by atomic mass is 16.4. The number of aryl methyl sites for hydroxylation is 1. The molecule has 5 N–H and O–H groups in total. The highest BCUT2D eigenvalue weighted by Gasteiger charge is 2.49. The summed E-state index contributed by atoms with van der Waals surface area (Å²) in [5, 5.41) is 49.4. The predicted octanol–water partition coefficient (Wildman–Crippen LogP) is 5.77. The Morgan fingerprint density at radius 1 is 0.848 bits per heavy atom. The Morgan fingerprint density at radius 2 is 1.42 bits per heavy atom. The fourth-order valence-electron chi connectivity index (χ4n) is 4.37. The summed E-state index contributed by atoms with van der Waals surface area (Å²) in [6.07, 6.45) is 10.7. The first-order valence-electron chi connectivity index (χ1n) is 12.2. The molecule has 0 amide bonds. The van der Waals surface area contributed by atoms with Crippen molar-refractivity contribution in [2.45, 2.75) is 104 Å². The van der Waals surface area contributed by atoms with Crippen LogP contribution in [0.25, 0.3) is 0 Å². The lowest BCUT2D eigenvalue weighted by Crippen LogP contribution is -2.23. The maximum atomic E-state index is 11.2. The molecule has 0 aromatic heterocycles. The van der Waals surface area contributed by atoms with Crippen molar-refractivity contribution in [2.75, 3.05) is 0 Å². The van der Waals surface area contributed by atoms with Gasteiger partial charge >= 0.3 is 11.9 Å². The van der Waals surface area contributed by atoms with E-state index in [1.54, 1.807) is 13.8 Å². The van der Waals surface area contributed by atoms with Gasteiger partial charge in [-0.1, -0.05) is 38.5 Å². The molecule has 7 heteroatoms. The molecule has 1 aromatic rings. The Kier molecular flexibility index (Phi) is 9.44. The van der Waals surface area contributed by atoms with Gasteiger partial charge in [0.15, 0.2) is 11.5 Å². The van der Waals surface area contributed by atoms with E-state index in [0.29, 0.717) is 30.4 Å². The summed E-state index contributed by atoms with van der Waals surface area (Å²) in [6.45, 7) is 3.44. The van der Waals surface area contributed by atoms with Crippen LogP contribution in [0.2, 0.25) is 0 Å². The third kappa shape index (κ3) is 7.54. The zero-order valence-corrected chi connectivity index (χ0v) is 20.0. The molecule has 0 heterocycles. The van der Waals surface area contributed by atoms with Crippen LogP contribution < -0.4 is 0 Å². The van der Waals surface area contributed by atoms with Gasteiger partial charge in [0, 0.05) is 5.56 Å². The van der Waals surface area contributed by atoms with Crippen molar-refractivity contribution >= 4 is 11.9 Å². The van der Waals surface area contributed by atoms with E-state index in [2.05, 4.69) is 0 Å². The molecule has 0 saturated heterocycles. The Labute approximate surface area is 196 Å². The number of carbonyl (C=O) groups is 2. The van der Waals surface area contributed by atoms with Crippen LogP contribution in [0, 0.1) is 10.8 Å². The Balaban J connectivity index is 1.75. The number of aromatic hydroxyl groups is 3. The number of benzene rings is 1. The van der Waals surface area contributed by atoms with Gasteiger partial charge in [-0.3, -0.25) is 9.59 Å². The lowest BCUT2D eigenvalue weighted by molar-refractivity contribution is -0.147. The maximum Gasteiger partial charge on any atom is 0.309 e. The summed E-state index contributed by atoms with van der Waals surface area (Å²) in [6, 6.07) is 1.42.